The zero-order chi connectivity index (χ0) is 28.3. The molecule has 0 bridgehead atoms. The lowest BCUT2D eigenvalue weighted by Crippen LogP contribution is -2.48. The molecule has 1 atom stereocenters. The van der Waals surface area contributed by atoms with Crippen molar-refractivity contribution < 1.29 is 19.4 Å². The van der Waals surface area contributed by atoms with Gasteiger partial charge in [0.25, 0.3) is 5.56 Å². The molecule has 1 N–H and O–H groups in total. The maximum atomic E-state index is 13.4. The molecule has 2 fully saturated rings. The number of aliphatic hydroxyl groups is 1. The molecule has 4 aliphatic rings. The van der Waals surface area contributed by atoms with Crippen LogP contribution in [0.5, 0.6) is 5.75 Å². The molecule has 2 saturated heterocycles. The molecule has 1 aromatic carbocycles. The van der Waals surface area contributed by atoms with Gasteiger partial charge in [0.2, 0.25) is 0 Å². The number of piperidine rings is 2. The Morgan fingerprint density at radius 1 is 1.10 bits per heavy atom. The molecule has 0 radical (unpaired) electrons. The van der Waals surface area contributed by atoms with Crippen molar-refractivity contribution in [1.29, 1.82) is 0 Å². The Balaban J connectivity index is 1.14. The first-order chi connectivity index (χ1) is 19.9. The molecule has 6 heterocycles. The summed E-state index contributed by atoms with van der Waals surface area (Å²) in [5, 5.41) is 11.9. The molecular weight excluding hydrogens is 520 g/mol. The van der Waals surface area contributed by atoms with Gasteiger partial charge in [-0.3, -0.25) is 4.79 Å². The molecule has 1 unspecified atom stereocenters. The van der Waals surface area contributed by atoms with E-state index in [4.69, 9.17) is 14.5 Å². The summed E-state index contributed by atoms with van der Waals surface area (Å²) < 4.78 is 13.2. The molecular formula is C32H38N4O5. The van der Waals surface area contributed by atoms with Crippen molar-refractivity contribution in [1.82, 2.24) is 19.4 Å². The third-order valence-electron chi connectivity index (χ3n) is 9.68. The lowest BCUT2D eigenvalue weighted by Gasteiger charge is -2.39. The van der Waals surface area contributed by atoms with Gasteiger partial charge in [0, 0.05) is 42.1 Å². The fourth-order valence-electron chi connectivity index (χ4n) is 7.31. The summed E-state index contributed by atoms with van der Waals surface area (Å²) in [6.45, 7) is 8.27. The predicted octanol–water partition coefficient (Wildman–Crippen LogP) is 4.52. The van der Waals surface area contributed by atoms with Crippen LogP contribution in [0.3, 0.4) is 0 Å². The molecule has 2 aromatic heterocycles. The maximum absolute atomic E-state index is 13.4. The van der Waals surface area contributed by atoms with Crippen molar-refractivity contribution in [2.75, 3.05) is 26.2 Å². The van der Waals surface area contributed by atoms with Crippen LogP contribution in [0.1, 0.15) is 74.6 Å². The number of aromatic nitrogens is 2. The first kappa shape index (κ1) is 26.6. The van der Waals surface area contributed by atoms with Gasteiger partial charge in [-0.1, -0.05) is 20.3 Å². The zero-order valence-electron chi connectivity index (χ0n) is 23.9. The highest BCUT2D eigenvalue weighted by Gasteiger charge is 2.41. The second-order valence-electron chi connectivity index (χ2n) is 11.9. The van der Waals surface area contributed by atoms with Crippen LogP contribution in [-0.2, 0) is 30.1 Å². The molecule has 0 spiro atoms. The van der Waals surface area contributed by atoms with Crippen molar-refractivity contribution in [2.45, 2.75) is 83.8 Å². The Morgan fingerprint density at radius 3 is 2.61 bits per heavy atom. The van der Waals surface area contributed by atoms with Crippen LogP contribution < -0.4 is 10.3 Å². The van der Waals surface area contributed by atoms with Gasteiger partial charge >= 0.3 is 6.09 Å². The summed E-state index contributed by atoms with van der Waals surface area (Å²) in [6, 6.07) is 8.05. The van der Waals surface area contributed by atoms with Crippen molar-refractivity contribution in [3.8, 4) is 17.1 Å². The fraction of sp³-hybridized carbons (Fsp3) is 0.531. The number of nitrogens with zero attached hydrogens (tertiary/aromatic N) is 4. The van der Waals surface area contributed by atoms with Crippen LogP contribution >= 0.6 is 0 Å². The number of carbonyl (C=O) groups is 1. The van der Waals surface area contributed by atoms with Gasteiger partial charge in [-0.15, -0.1) is 0 Å². The largest absolute Gasteiger partial charge is 0.415 e. The van der Waals surface area contributed by atoms with Gasteiger partial charge in [0.1, 0.15) is 5.75 Å². The van der Waals surface area contributed by atoms with E-state index in [1.165, 1.54) is 32.4 Å². The van der Waals surface area contributed by atoms with Crippen molar-refractivity contribution >= 4 is 17.0 Å². The Hall–Kier alpha value is -3.27. The number of fused-ring (bicyclic) bond motifs is 5. The van der Waals surface area contributed by atoms with E-state index in [-0.39, 0.29) is 18.3 Å². The van der Waals surface area contributed by atoms with Gasteiger partial charge in [-0.2, -0.15) is 0 Å². The molecule has 9 heteroatoms. The number of likely N-dealkylation sites (tertiary alicyclic amines) is 2. The summed E-state index contributed by atoms with van der Waals surface area (Å²) in [7, 11) is 0. The number of rotatable bonds is 4. The number of hydrogen-bond acceptors (Lipinski definition) is 7. The number of hydrogen-bond donors (Lipinski definition) is 1. The normalized spacial score (nSPS) is 22.6. The Kier molecular flexibility index (Phi) is 6.64. The number of pyridine rings is 2. The van der Waals surface area contributed by atoms with E-state index in [2.05, 4.69) is 11.8 Å². The second-order valence-corrected chi connectivity index (χ2v) is 11.9. The van der Waals surface area contributed by atoms with Crippen LogP contribution in [0.15, 0.2) is 29.1 Å². The van der Waals surface area contributed by atoms with Crippen LogP contribution in [0.25, 0.3) is 22.3 Å². The average molecular weight is 559 g/mol. The van der Waals surface area contributed by atoms with E-state index >= 15 is 0 Å². The third-order valence-corrected chi connectivity index (χ3v) is 9.68. The smallest absolute Gasteiger partial charge is 0.410 e. The number of carbonyl (C=O) groups excluding carboxylic acids is 1. The van der Waals surface area contributed by atoms with Crippen LogP contribution in [0.4, 0.5) is 4.79 Å². The maximum Gasteiger partial charge on any atom is 0.415 e. The minimum Gasteiger partial charge on any atom is -0.410 e. The highest BCUT2D eigenvalue weighted by molar-refractivity contribution is 5.89. The van der Waals surface area contributed by atoms with Crippen LogP contribution in [-0.4, -0.2) is 62.8 Å². The summed E-state index contributed by atoms with van der Waals surface area (Å²) >= 11 is 0. The second kappa shape index (κ2) is 10.2. The molecule has 9 nitrogen and oxygen atoms in total. The lowest BCUT2D eigenvalue weighted by atomic mass is 9.97. The molecule has 216 valence electrons. The van der Waals surface area contributed by atoms with Gasteiger partial charge in [-0.25, -0.2) is 9.78 Å². The summed E-state index contributed by atoms with van der Waals surface area (Å²) in [4.78, 5) is 35.9. The summed E-state index contributed by atoms with van der Waals surface area (Å²) in [5.74, 6) is -0.937. The van der Waals surface area contributed by atoms with Gasteiger partial charge in [0.15, 0.2) is 5.79 Å². The minimum atomic E-state index is -1.45. The summed E-state index contributed by atoms with van der Waals surface area (Å²) in [5.41, 5.74) is 5.28. The Bertz CT molecular complexity index is 1590. The number of benzene rings is 1. The van der Waals surface area contributed by atoms with Crippen LogP contribution in [0.2, 0.25) is 0 Å². The molecule has 0 aliphatic carbocycles. The van der Waals surface area contributed by atoms with Crippen molar-refractivity contribution in [3.63, 3.8) is 0 Å². The highest BCUT2D eigenvalue weighted by atomic mass is 16.6. The molecule has 41 heavy (non-hydrogen) atoms. The summed E-state index contributed by atoms with van der Waals surface area (Å²) in [6.07, 6.45) is 6.69. The topological polar surface area (TPSA) is 97.1 Å². The standard InChI is InChI=1S/C32H38N4O5/c1-3-22-23-16-21(41-31(38)35-14-10-20(11-15-35)34-12-6-5-7-13-34)8-9-27(23)33-29-24(22)18-36-28(29)17-26-25(30(36)37)19-40-32(26,39)4-2/h8-9,16-17,20,39H,3-7,10-15,18-19H2,1-2H3. The van der Waals surface area contributed by atoms with E-state index < -0.39 is 5.79 Å². The van der Waals surface area contributed by atoms with E-state index in [0.717, 1.165) is 60.1 Å². The predicted molar refractivity (Wildman–Crippen MR) is 155 cm³/mol. The van der Waals surface area contributed by atoms with Gasteiger partial charge in [0.05, 0.1) is 35.6 Å². The lowest BCUT2D eigenvalue weighted by molar-refractivity contribution is -0.204. The SMILES string of the molecule is CCc1c2c(nc3ccc(OC(=O)N4CCC(N5CCCCC5)CC4)cc13)-c1cc3c(c(=O)n1C2)COC3(O)CC. The third kappa shape index (κ3) is 4.37. The monoisotopic (exact) mass is 558 g/mol. The minimum absolute atomic E-state index is 0.107. The van der Waals surface area contributed by atoms with Crippen LogP contribution in [0, 0.1) is 0 Å². The first-order valence-corrected chi connectivity index (χ1v) is 15.2. The van der Waals surface area contributed by atoms with E-state index in [0.29, 0.717) is 41.6 Å². The average Bonchev–Trinajstić information content (AvgIpc) is 3.55. The molecule has 4 aliphatic heterocycles. The molecule has 3 aromatic rings. The van der Waals surface area contributed by atoms with E-state index in [9.17, 15) is 14.7 Å². The van der Waals surface area contributed by atoms with Gasteiger partial charge < -0.3 is 28.9 Å². The molecule has 1 amide bonds. The number of aryl methyl sites for hydroxylation is 1. The van der Waals surface area contributed by atoms with Gasteiger partial charge in [-0.05, 0) is 75.0 Å². The Morgan fingerprint density at radius 2 is 1.88 bits per heavy atom. The number of ether oxygens (including phenoxy) is 2. The highest BCUT2D eigenvalue weighted by Crippen LogP contribution is 2.41. The molecule has 7 rings (SSSR count). The van der Waals surface area contributed by atoms with E-state index in [1.807, 2.05) is 30.0 Å². The van der Waals surface area contributed by atoms with E-state index in [1.54, 1.807) is 10.6 Å². The quantitative estimate of drug-likeness (QED) is 0.393. The van der Waals surface area contributed by atoms with Crippen molar-refractivity contribution in [2.24, 2.45) is 0 Å². The fourth-order valence-corrected chi connectivity index (χ4v) is 7.31. The molecule has 0 saturated carbocycles. The Labute approximate surface area is 239 Å². The first-order valence-electron chi connectivity index (χ1n) is 15.2. The zero-order valence-corrected chi connectivity index (χ0v) is 23.9. The number of amides is 1. The van der Waals surface area contributed by atoms with Crippen molar-refractivity contribution in [3.05, 3.63) is 56.9 Å².